The Bertz CT molecular complexity index is 382. The van der Waals surface area contributed by atoms with Gasteiger partial charge in [0.15, 0.2) is 11.5 Å². The van der Waals surface area contributed by atoms with Crippen LogP contribution in [0.3, 0.4) is 0 Å². The van der Waals surface area contributed by atoms with E-state index in [1.807, 2.05) is 0 Å². The molecule has 0 fully saturated rings. The minimum Gasteiger partial charge on any atom is -0.493 e. The van der Waals surface area contributed by atoms with E-state index < -0.39 is 0 Å². The summed E-state index contributed by atoms with van der Waals surface area (Å²) in [5.41, 5.74) is 0.628. The number of benzene rings is 1. The highest BCUT2D eigenvalue weighted by atomic mass is 79.9. The van der Waals surface area contributed by atoms with E-state index in [4.69, 9.17) is 9.47 Å². The molecule has 0 aromatic heterocycles. The molecule has 0 aliphatic rings. The lowest BCUT2D eigenvalue weighted by atomic mass is 10.0. The number of rotatable bonds is 7. The third-order valence-electron chi connectivity index (χ3n) is 2.90. The van der Waals surface area contributed by atoms with Crippen LogP contribution in [0, 0.1) is 5.82 Å². The summed E-state index contributed by atoms with van der Waals surface area (Å²) in [4.78, 5) is 0.0175. The maximum absolute atomic E-state index is 13.9. The van der Waals surface area contributed by atoms with Crippen molar-refractivity contribution in [3.8, 4) is 11.5 Å². The molecule has 0 heterocycles. The lowest BCUT2D eigenvalue weighted by Crippen LogP contribution is -1.99. The molecular formula is C14H20BrFO2. The molecule has 4 heteroatoms. The summed E-state index contributed by atoms with van der Waals surface area (Å²) in [6, 6.07) is 3.09. The van der Waals surface area contributed by atoms with E-state index in [9.17, 15) is 4.39 Å². The number of halogens is 2. The Morgan fingerprint density at radius 3 is 2.33 bits per heavy atom. The maximum Gasteiger partial charge on any atom is 0.163 e. The zero-order valence-corrected chi connectivity index (χ0v) is 12.7. The molecular weight excluding hydrogens is 299 g/mol. The molecule has 2 nitrogen and oxygen atoms in total. The van der Waals surface area contributed by atoms with Crippen LogP contribution >= 0.6 is 15.9 Å². The molecule has 1 rings (SSSR count). The molecule has 0 bridgehead atoms. The van der Waals surface area contributed by atoms with Crippen LogP contribution in [0.2, 0.25) is 0 Å². The predicted octanol–water partition coefficient (Wildman–Crippen LogP) is 4.86. The number of ether oxygens (including phenoxy) is 2. The van der Waals surface area contributed by atoms with Crippen molar-refractivity contribution in [3.63, 3.8) is 0 Å². The van der Waals surface area contributed by atoms with E-state index >= 15 is 0 Å². The Morgan fingerprint density at radius 1 is 1.17 bits per heavy atom. The van der Waals surface area contributed by atoms with Gasteiger partial charge in [0.25, 0.3) is 0 Å². The highest BCUT2D eigenvalue weighted by molar-refractivity contribution is 9.09. The minimum absolute atomic E-state index is 0.0175. The number of alkyl halides is 1. The van der Waals surface area contributed by atoms with Gasteiger partial charge < -0.3 is 9.47 Å². The largest absolute Gasteiger partial charge is 0.493 e. The molecule has 18 heavy (non-hydrogen) atoms. The van der Waals surface area contributed by atoms with Crippen molar-refractivity contribution >= 4 is 15.9 Å². The Balaban J connectivity index is 2.87. The number of hydrogen-bond acceptors (Lipinski definition) is 2. The fourth-order valence-corrected chi connectivity index (χ4v) is 2.51. The van der Waals surface area contributed by atoms with Gasteiger partial charge in [-0.2, -0.15) is 0 Å². The van der Waals surface area contributed by atoms with Crippen LogP contribution in [0.1, 0.15) is 43.0 Å². The van der Waals surface area contributed by atoms with E-state index in [0.29, 0.717) is 17.1 Å². The molecule has 0 radical (unpaired) electrons. The van der Waals surface area contributed by atoms with Gasteiger partial charge in [0.2, 0.25) is 0 Å². The van der Waals surface area contributed by atoms with Crippen molar-refractivity contribution in [1.29, 1.82) is 0 Å². The second-order valence-electron chi connectivity index (χ2n) is 4.19. The van der Waals surface area contributed by atoms with Crippen LogP contribution in [0.4, 0.5) is 4.39 Å². The molecule has 0 amide bonds. The first-order valence-electron chi connectivity index (χ1n) is 6.19. The molecule has 0 N–H and O–H groups in total. The lowest BCUT2D eigenvalue weighted by Gasteiger charge is -2.14. The first-order chi connectivity index (χ1) is 8.63. The second kappa shape index (κ2) is 7.62. The molecule has 1 aromatic carbocycles. The molecule has 1 aromatic rings. The third kappa shape index (κ3) is 3.87. The highest BCUT2D eigenvalue weighted by Crippen LogP contribution is 2.37. The van der Waals surface area contributed by atoms with Crippen LogP contribution in [0.5, 0.6) is 11.5 Å². The fourth-order valence-electron chi connectivity index (χ4n) is 1.84. The zero-order chi connectivity index (χ0) is 13.5. The third-order valence-corrected chi connectivity index (χ3v) is 3.85. The Hall–Kier alpha value is -0.770. The van der Waals surface area contributed by atoms with Gasteiger partial charge in [-0.15, -0.1) is 0 Å². The number of hydrogen-bond donors (Lipinski definition) is 0. The Morgan fingerprint density at radius 2 is 1.78 bits per heavy atom. The highest BCUT2D eigenvalue weighted by Gasteiger charge is 2.16. The van der Waals surface area contributed by atoms with Crippen molar-refractivity contribution in [2.75, 3.05) is 14.2 Å². The van der Waals surface area contributed by atoms with Crippen LogP contribution < -0.4 is 9.47 Å². The van der Waals surface area contributed by atoms with Gasteiger partial charge in [-0.3, -0.25) is 0 Å². The summed E-state index contributed by atoms with van der Waals surface area (Å²) in [5, 5.41) is 0. The quantitative estimate of drug-likeness (QED) is 0.528. The van der Waals surface area contributed by atoms with Crippen LogP contribution in [-0.2, 0) is 0 Å². The summed E-state index contributed by atoms with van der Waals surface area (Å²) in [6.45, 7) is 2.15. The smallest absolute Gasteiger partial charge is 0.163 e. The van der Waals surface area contributed by atoms with Crippen molar-refractivity contribution in [2.24, 2.45) is 0 Å². The van der Waals surface area contributed by atoms with Gasteiger partial charge in [-0.05, 0) is 12.5 Å². The molecule has 0 spiro atoms. The van der Waals surface area contributed by atoms with E-state index in [1.54, 1.807) is 13.2 Å². The normalized spacial score (nSPS) is 12.3. The molecule has 1 unspecified atom stereocenters. The molecule has 0 saturated carbocycles. The molecule has 0 saturated heterocycles. The average Bonchev–Trinajstić information content (AvgIpc) is 2.38. The summed E-state index contributed by atoms with van der Waals surface area (Å²) in [5.74, 6) is 0.729. The topological polar surface area (TPSA) is 18.5 Å². The summed E-state index contributed by atoms with van der Waals surface area (Å²) in [7, 11) is 3.06. The average molecular weight is 319 g/mol. The van der Waals surface area contributed by atoms with E-state index in [2.05, 4.69) is 22.9 Å². The molecule has 102 valence electrons. The van der Waals surface area contributed by atoms with E-state index in [0.717, 1.165) is 25.7 Å². The standard InChI is InChI=1S/C14H20BrFO2/c1-4-5-6-7-11(15)10-8-13(17-2)14(18-3)9-12(10)16/h8-9,11H,4-7H2,1-3H3. The Labute approximate surface area is 117 Å². The van der Waals surface area contributed by atoms with Crippen LogP contribution in [0.15, 0.2) is 12.1 Å². The maximum atomic E-state index is 13.9. The lowest BCUT2D eigenvalue weighted by molar-refractivity contribution is 0.351. The first kappa shape index (κ1) is 15.3. The first-order valence-corrected chi connectivity index (χ1v) is 7.11. The Kier molecular flexibility index (Phi) is 6.47. The zero-order valence-electron chi connectivity index (χ0n) is 11.1. The summed E-state index contributed by atoms with van der Waals surface area (Å²) >= 11 is 3.54. The van der Waals surface area contributed by atoms with E-state index in [-0.39, 0.29) is 10.6 Å². The minimum atomic E-state index is -0.258. The van der Waals surface area contributed by atoms with Gasteiger partial charge in [0.05, 0.1) is 14.2 Å². The predicted molar refractivity (Wildman–Crippen MR) is 75.3 cm³/mol. The second-order valence-corrected chi connectivity index (χ2v) is 5.30. The SMILES string of the molecule is CCCCCC(Br)c1cc(OC)c(OC)cc1F. The fraction of sp³-hybridized carbons (Fsp3) is 0.571. The summed E-state index contributed by atoms with van der Waals surface area (Å²) < 4.78 is 24.2. The van der Waals surface area contributed by atoms with Gasteiger partial charge in [0.1, 0.15) is 5.82 Å². The monoisotopic (exact) mass is 318 g/mol. The van der Waals surface area contributed by atoms with Gasteiger partial charge in [-0.25, -0.2) is 4.39 Å². The number of methoxy groups -OCH3 is 2. The van der Waals surface area contributed by atoms with Gasteiger partial charge >= 0.3 is 0 Å². The van der Waals surface area contributed by atoms with Crippen molar-refractivity contribution in [3.05, 3.63) is 23.5 Å². The molecule has 0 aliphatic carbocycles. The summed E-state index contributed by atoms with van der Waals surface area (Å²) in [6.07, 6.45) is 4.32. The van der Waals surface area contributed by atoms with Crippen molar-refractivity contribution in [2.45, 2.75) is 37.4 Å². The number of unbranched alkanes of at least 4 members (excludes halogenated alkanes) is 2. The van der Waals surface area contributed by atoms with E-state index in [1.165, 1.54) is 13.2 Å². The van der Waals surface area contributed by atoms with Gasteiger partial charge in [0, 0.05) is 16.5 Å². The van der Waals surface area contributed by atoms with Crippen molar-refractivity contribution < 1.29 is 13.9 Å². The van der Waals surface area contributed by atoms with Crippen LogP contribution in [0.25, 0.3) is 0 Å². The van der Waals surface area contributed by atoms with Crippen LogP contribution in [-0.4, -0.2) is 14.2 Å². The molecule has 0 aliphatic heterocycles. The van der Waals surface area contributed by atoms with Crippen molar-refractivity contribution in [1.82, 2.24) is 0 Å². The van der Waals surface area contributed by atoms with Gasteiger partial charge in [-0.1, -0.05) is 42.1 Å². The molecule has 1 atom stereocenters.